The molecule has 2 N–H and O–H groups in total. The first-order valence-corrected chi connectivity index (χ1v) is 11.8. The summed E-state index contributed by atoms with van der Waals surface area (Å²) in [5.74, 6) is -0.373. The van der Waals surface area contributed by atoms with Crippen LogP contribution in [0.2, 0.25) is 0 Å². The Kier molecular flexibility index (Phi) is 6.64. The molecule has 158 valence electrons. The summed E-state index contributed by atoms with van der Waals surface area (Å²) in [5.41, 5.74) is 1.38. The highest BCUT2D eigenvalue weighted by molar-refractivity contribution is 7.91. The lowest BCUT2D eigenvalue weighted by Gasteiger charge is -2.28. The van der Waals surface area contributed by atoms with Crippen LogP contribution < -0.4 is 10.0 Å². The highest BCUT2D eigenvalue weighted by Gasteiger charge is 2.28. The Morgan fingerprint density at radius 2 is 1.63 bits per heavy atom. The Labute approximate surface area is 180 Å². The molecule has 0 aliphatic carbocycles. The van der Waals surface area contributed by atoms with Crippen molar-refractivity contribution in [1.82, 2.24) is 14.9 Å². The van der Waals surface area contributed by atoms with Gasteiger partial charge in [-0.15, -0.1) is 10.2 Å². The van der Waals surface area contributed by atoms with E-state index in [1.54, 1.807) is 30.3 Å². The number of carbonyl (C=O) groups is 1. The van der Waals surface area contributed by atoms with Crippen LogP contribution in [-0.2, 0) is 15.4 Å². The zero-order valence-electron chi connectivity index (χ0n) is 17.0. The van der Waals surface area contributed by atoms with Crippen molar-refractivity contribution < 1.29 is 13.2 Å². The first-order valence-electron chi connectivity index (χ1n) is 9.45. The van der Waals surface area contributed by atoms with Crippen LogP contribution in [0.15, 0.2) is 65.0 Å². The second-order valence-electron chi connectivity index (χ2n) is 7.67. The van der Waals surface area contributed by atoms with E-state index in [4.69, 9.17) is 0 Å². The van der Waals surface area contributed by atoms with E-state index in [9.17, 15) is 13.2 Å². The molecule has 2 aromatic carbocycles. The molecule has 0 aliphatic rings. The molecule has 3 rings (SSSR count). The summed E-state index contributed by atoms with van der Waals surface area (Å²) in [6.45, 7) is 5.98. The van der Waals surface area contributed by atoms with Gasteiger partial charge in [-0.05, 0) is 36.5 Å². The van der Waals surface area contributed by atoms with E-state index in [0.29, 0.717) is 12.0 Å². The summed E-state index contributed by atoms with van der Waals surface area (Å²) in [6, 6.07) is 18.3. The molecule has 0 saturated heterocycles. The van der Waals surface area contributed by atoms with Crippen LogP contribution in [0.4, 0.5) is 5.13 Å². The highest BCUT2D eigenvalue weighted by atomic mass is 32.2. The molecule has 7 nitrogen and oxygen atoms in total. The summed E-state index contributed by atoms with van der Waals surface area (Å²) in [5, 5.41) is 10.2. The molecular formula is C21H24N4O3S2. The molecule has 0 aliphatic heterocycles. The summed E-state index contributed by atoms with van der Waals surface area (Å²) < 4.78 is 27.9. The minimum atomic E-state index is -3.85. The average Bonchev–Trinajstić information content (AvgIpc) is 3.18. The van der Waals surface area contributed by atoms with Gasteiger partial charge in [-0.25, -0.2) is 13.1 Å². The van der Waals surface area contributed by atoms with E-state index in [-0.39, 0.29) is 26.8 Å². The first-order chi connectivity index (χ1) is 14.2. The number of rotatable bonds is 8. The van der Waals surface area contributed by atoms with E-state index < -0.39 is 10.0 Å². The fraction of sp³-hybridized carbons (Fsp3) is 0.286. The molecule has 1 unspecified atom stereocenters. The Morgan fingerprint density at radius 3 is 2.27 bits per heavy atom. The van der Waals surface area contributed by atoms with Gasteiger partial charge in [0.25, 0.3) is 15.9 Å². The highest BCUT2D eigenvalue weighted by Crippen LogP contribution is 2.29. The number of amides is 1. The van der Waals surface area contributed by atoms with E-state index in [1.165, 1.54) is 0 Å². The standard InChI is InChI=1S/C21H24N4O3S2/c1-15(14-21(2,3)17-12-8-5-9-13-17)25-30(27,28)20-24-23-19(29-20)22-18(26)16-10-6-4-7-11-16/h4-13,15,25H,14H2,1-3H3,(H,22,23,26). The number of hydrogen-bond acceptors (Lipinski definition) is 6. The van der Waals surface area contributed by atoms with Gasteiger partial charge in [0.15, 0.2) is 0 Å². The number of hydrogen-bond donors (Lipinski definition) is 2. The smallest absolute Gasteiger partial charge is 0.270 e. The van der Waals surface area contributed by atoms with Crippen LogP contribution >= 0.6 is 11.3 Å². The van der Waals surface area contributed by atoms with Crippen LogP contribution in [-0.4, -0.2) is 30.6 Å². The Morgan fingerprint density at radius 1 is 1.03 bits per heavy atom. The quantitative estimate of drug-likeness (QED) is 0.514. The number of anilines is 1. The summed E-state index contributed by atoms with van der Waals surface area (Å²) >= 11 is 0.815. The molecule has 1 amide bonds. The van der Waals surface area contributed by atoms with E-state index in [2.05, 4.69) is 34.1 Å². The lowest BCUT2D eigenvalue weighted by Crippen LogP contribution is -2.37. The molecule has 1 heterocycles. The number of nitrogens with zero attached hydrogens (tertiary/aromatic N) is 2. The molecule has 1 atom stereocenters. The van der Waals surface area contributed by atoms with Crippen molar-refractivity contribution in [2.24, 2.45) is 0 Å². The normalized spacial score (nSPS) is 13.0. The van der Waals surface area contributed by atoms with Gasteiger partial charge in [-0.3, -0.25) is 10.1 Å². The molecule has 1 aromatic heterocycles. The largest absolute Gasteiger partial charge is 0.296 e. The summed E-state index contributed by atoms with van der Waals surface area (Å²) in [7, 11) is -3.85. The summed E-state index contributed by atoms with van der Waals surface area (Å²) in [6.07, 6.45) is 0.604. The minimum Gasteiger partial charge on any atom is -0.296 e. The fourth-order valence-electron chi connectivity index (χ4n) is 3.26. The second kappa shape index (κ2) is 9.03. The third-order valence-corrected chi connectivity index (χ3v) is 7.42. The van der Waals surface area contributed by atoms with Crippen LogP contribution in [0, 0.1) is 0 Å². The third-order valence-electron chi connectivity index (χ3n) is 4.62. The maximum atomic E-state index is 12.7. The average molecular weight is 445 g/mol. The molecular weight excluding hydrogens is 420 g/mol. The minimum absolute atomic E-state index is 0.126. The number of nitrogens with one attached hydrogen (secondary N) is 2. The predicted octanol–water partition coefficient (Wildman–Crippen LogP) is 3.83. The van der Waals surface area contributed by atoms with Gasteiger partial charge in [0.05, 0.1) is 0 Å². The zero-order valence-corrected chi connectivity index (χ0v) is 18.6. The van der Waals surface area contributed by atoms with Crippen LogP contribution in [0.25, 0.3) is 0 Å². The van der Waals surface area contributed by atoms with E-state index in [0.717, 1.165) is 16.9 Å². The van der Waals surface area contributed by atoms with Gasteiger partial charge in [0, 0.05) is 11.6 Å². The van der Waals surface area contributed by atoms with Gasteiger partial charge >= 0.3 is 0 Å². The van der Waals surface area contributed by atoms with Gasteiger partial charge < -0.3 is 0 Å². The summed E-state index contributed by atoms with van der Waals surface area (Å²) in [4.78, 5) is 12.2. The van der Waals surface area contributed by atoms with Crippen LogP contribution in [0.3, 0.4) is 0 Å². The van der Waals surface area contributed by atoms with Gasteiger partial charge in [-0.2, -0.15) is 0 Å². The van der Waals surface area contributed by atoms with Gasteiger partial charge in [-0.1, -0.05) is 73.7 Å². The maximum absolute atomic E-state index is 12.7. The zero-order chi connectivity index (χ0) is 21.8. The number of sulfonamides is 1. The Balaban J connectivity index is 1.65. The lowest BCUT2D eigenvalue weighted by atomic mass is 9.79. The number of benzene rings is 2. The second-order valence-corrected chi connectivity index (χ2v) is 10.5. The number of carbonyl (C=O) groups excluding carboxylic acids is 1. The van der Waals surface area contributed by atoms with Crippen molar-refractivity contribution in [3.05, 3.63) is 71.8 Å². The molecule has 0 radical (unpaired) electrons. The Bertz CT molecular complexity index is 1100. The van der Waals surface area contributed by atoms with Gasteiger partial charge in [0.2, 0.25) is 9.47 Å². The molecule has 3 aromatic rings. The van der Waals surface area contributed by atoms with Crippen molar-refractivity contribution in [1.29, 1.82) is 0 Å². The molecule has 9 heteroatoms. The molecule has 0 fully saturated rings. The molecule has 30 heavy (non-hydrogen) atoms. The monoisotopic (exact) mass is 444 g/mol. The topological polar surface area (TPSA) is 101 Å². The Hall–Kier alpha value is -2.62. The molecule has 0 bridgehead atoms. The predicted molar refractivity (Wildman–Crippen MR) is 118 cm³/mol. The van der Waals surface area contributed by atoms with Crippen molar-refractivity contribution >= 4 is 32.4 Å². The first kappa shape index (κ1) is 22.1. The fourth-order valence-corrected chi connectivity index (χ4v) is 5.41. The van der Waals surface area contributed by atoms with Gasteiger partial charge in [0.1, 0.15) is 0 Å². The van der Waals surface area contributed by atoms with Crippen molar-refractivity contribution in [3.8, 4) is 0 Å². The maximum Gasteiger partial charge on any atom is 0.270 e. The molecule has 0 saturated carbocycles. The van der Waals surface area contributed by atoms with Crippen molar-refractivity contribution in [2.75, 3.05) is 5.32 Å². The van der Waals surface area contributed by atoms with Crippen LogP contribution in [0.1, 0.15) is 43.1 Å². The van der Waals surface area contributed by atoms with Crippen LogP contribution in [0.5, 0.6) is 0 Å². The van der Waals surface area contributed by atoms with Crippen molar-refractivity contribution in [3.63, 3.8) is 0 Å². The van der Waals surface area contributed by atoms with Crippen molar-refractivity contribution in [2.45, 2.75) is 43.0 Å². The third kappa shape index (κ3) is 5.50. The van der Waals surface area contributed by atoms with E-state index in [1.807, 2.05) is 37.3 Å². The number of aromatic nitrogens is 2. The molecule has 0 spiro atoms. The van der Waals surface area contributed by atoms with E-state index >= 15 is 0 Å². The SMILES string of the molecule is CC(CC(C)(C)c1ccccc1)NS(=O)(=O)c1nnc(NC(=O)c2ccccc2)s1. The lowest BCUT2D eigenvalue weighted by molar-refractivity contribution is 0.102.